The molecule has 0 aromatic carbocycles. The number of carboxylic acids is 2. The van der Waals surface area contributed by atoms with E-state index in [4.69, 9.17) is 44.6 Å². The maximum atomic E-state index is 13.0. The molecule has 5 fully saturated rings. The van der Waals surface area contributed by atoms with Gasteiger partial charge in [-0.25, -0.2) is 9.78 Å². The molecule has 0 bridgehead atoms. The van der Waals surface area contributed by atoms with Crippen LogP contribution in [0.2, 0.25) is 0 Å². The lowest BCUT2D eigenvalue weighted by Crippen LogP contribution is -2.40. The monoisotopic (exact) mass is 788 g/mol. The first-order valence-electron chi connectivity index (χ1n) is 21.1. The molecule has 5 aliphatic carbocycles. The van der Waals surface area contributed by atoms with Crippen LogP contribution in [0.25, 0.3) is 0 Å². The predicted molar refractivity (Wildman–Crippen MR) is 202 cm³/mol. The van der Waals surface area contributed by atoms with Gasteiger partial charge < -0.3 is 38.6 Å². The Bertz CT molecular complexity index is 1340. The Labute approximate surface area is 332 Å². The first-order chi connectivity index (χ1) is 27.0. The lowest BCUT2D eigenvalue weighted by Gasteiger charge is -2.35. The Hall–Kier alpha value is -3.23. The Morgan fingerprint density at radius 1 is 0.589 bits per heavy atom. The highest BCUT2D eigenvalue weighted by Gasteiger charge is 2.42. The third kappa shape index (κ3) is 14.0. The fourth-order valence-corrected chi connectivity index (χ4v) is 8.94. The van der Waals surface area contributed by atoms with E-state index in [1.165, 1.54) is 19.3 Å². The highest BCUT2D eigenvalue weighted by molar-refractivity contribution is 5.81. The van der Waals surface area contributed by atoms with E-state index in [-0.39, 0.29) is 67.1 Å². The number of carboxylic acid groups (broad SMARTS) is 2. The van der Waals surface area contributed by atoms with Crippen LogP contribution in [0, 0.1) is 53.8 Å². The molecular weight excluding hydrogens is 724 g/mol. The molecule has 13 nitrogen and oxygen atoms in total. The first-order valence-corrected chi connectivity index (χ1v) is 21.1. The number of carbonyl (C=O) groups is 3. The topological polar surface area (TPSA) is 166 Å². The molecule has 6 unspecified atom stereocenters. The minimum atomic E-state index is -0.992. The van der Waals surface area contributed by atoms with Crippen molar-refractivity contribution in [2.75, 3.05) is 19.8 Å². The molecule has 0 aromatic rings. The van der Waals surface area contributed by atoms with Crippen LogP contribution in [-0.2, 0) is 52.6 Å². The highest BCUT2D eigenvalue weighted by atomic mass is 17.2. The summed E-state index contributed by atoms with van der Waals surface area (Å²) < 4.78 is 35.1. The van der Waals surface area contributed by atoms with Crippen LogP contribution in [-0.4, -0.2) is 90.7 Å². The molecule has 0 aliphatic heterocycles. The van der Waals surface area contributed by atoms with E-state index in [0.29, 0.717) is 58.2 Å². The van der Waals surface area contributed by atoms with Gasteiger partial charge >= 0.3 is 17.9 Å². The Kier molecular flexibility index (Phi) is 17.3. The fourth-order valence-electron chi connectivity index (χ4n) is 8.94. The maximum Gasteiger partial charge on any atom is 0.310 e. The summed E-state index contributed by atoms with van der Waals surface area (Å²) >= 11 is 0. The van der Waals surface area contributed by atoms with Crippen molar-refractivity contribution in [3.63, 3.8) is 0 Å². The second-order valence-electron chi connectivity index (χ2n) is 17.5. The number of terminal acetylenes is 1. The van der Waals surface area contributed by atoms with Crippen LogP contribution in [0.15, 0.2) is 0 Å². The van der Waals surface area contributed by atoms with Crippen molar-refractivity contribution in [1.82, 2.24) is 0 Å². The van der Waals surface area contributed by atoms with E-state index in [0.717, 1.165) is 51.4 Å². The summed E-state index contributed by atoms with van der Waals surface area (Å²) in [6.45, 7) is 5.55. The van der Waals surface area contributed by atoms with Crippen LogP contribution < -0.4 is 0 Å². The van der Waals surface area contributed by atoms with Gasteiger partial charge in [0.25, 0.3) is 0 Å². The van der Waals surface area contributed by atoms with Gasteiger partial charge in [0.15, 0.2) is 12.2 Å². The van der Waals surface area contributed by atoms with Gasteiger partial charge in [0.05, 0.1) is 55.9 Å². The van der Waals surface area contributed by atoms with Gasteiger partial charge in [0.1, 0.15) is 30.5 Å². The molecule has 0 heterocycles. The largest absolute Gasteiger partial charge is 0.481 e. The SMILES string of the molecule is C#COC1CCC(C(=O)O)C(C(=O)OC2CCC(OCC(C)(C)COC3CCC(OOCC4CC(OC#COC5CCCCC5)CCC4C(=O)O)CC3)CC2)C1. The average Bonchev–Trinajstić information content (AvgIpc) is 3.19. The van der Waals surface area contributed by atoms with Crippen molar-refractivity contribution in [3.05, 3.63) is 0 Å². The zero-order chi connectivity index (χ0) is 39.9. The third-order valence-electron chi connectivity index (χ3n) is 12.4. The predicted octanol–water partition coefficient (Wildman–Crippen LogP) is 6.79. The van der Waals surface area contributed by atoms with Crippen molar-refractivity contribution in [1.29, 1.82) is 0 Å². The molecule has 0 aromatic heterocycles. The molecule has 0 spiro atoms. The Morgan fingerprint density at radius 2 is 1.11 bits per heavy atom. The molecule has 5 rings (SSSR count). The van der Waals surface area contributed by atoms with Gasteiger partial charge in [-0.15, -0.1) is 0 Å². The summed E-state index contributed by atoms with van der Waals surface area (Å²) in [7, 11) is 0. The first kappa shape index (κ1) is 43.9. The number of esters is 1. The van der Waals surface area contributed by atoms with Crippen molar-refractivity contribution >= 4 is 17.9 Å². The maximum absolute atomic E-state index is 13.0. The summed E-state index contributed by atoms with van der Waals surface area (Å²) in [6, 6.07) is 0. The van der Waals surface area contributed by atoms with Gasteiger partial charge in [-0.3, -0.25) is 14.4 Å². The molecule has 56 heavy (non-hydrogen) atoms. The van der Waals surface area contributed by atoms with Gasteiger partial charge in [-0.05, 0) is 116 Å². The van der Waals surface area contributed by atoms with Crippen LogP contribution in [0.5, 0.6) is 0 Å². The van der Waals surface area contributed by atoms with E-state index in [1.807, 2.05) is 0 Å². The molecule has 13 heteroatoms. The highest BCUT2D eigenvalue weighted by Crippen LogP contribution is 2.36. The summed E-state index contributed by atoms with van der Waals surface area (Å²) in [4.78, 5) is 48.2. The molecular formula is C43H64O13. The lowest BCUT2D eigenvalue weighted by atomic mass is 9.77. The summed E-state index contributed by atoms with van der Waals surface area (Å²) in [5.41, 5.74) is -0.195. The van der Waals surface area contributed by atoms with Gasteiger partial charge in [-0.1, -0.05) is 26.7 Å². The van der Waals surface area contributed by atoms with Gasteiger partial charge in [-0.2, -0.15) is 0 Å². The third-order valence-corrected chi connectivity index (χ3v) is 12.4. The molecule has 0 amide bonds. The van der Waals surface area contributed by atoms with Crippen molar-refractivity contribution < 1.29 is 62.8 Å². The van der Waals surface area contributed by atoms with Crippen LogP contribution in [0.1, 0.15) is 136 Å². The second kappa shape index (κ2) is 22.1. The molecule has 0 saturated heterocycles. The van der Waals surface area contributed by atoms with E-state index >= 15 is 0 Å². The van der Waals surface area contributed by atoms with Crippen molar-refractivity contribution in [3.8, 4) is 24.7 Å². The summed E-state index contributed by atoms with van der Waals surface area (Å²) in [6.07, 6.45) is 26.9. The molecule has 5 saturated carbocycles. The number of aliphatic carboxylic acids is 2. The number of hydrogen-bond acceptors (Lipinski definition) is 11. The summed E-state index contributed by atoms with van der Waals surface area (Å²) in [5, 5.41) is 19.5. The van der Waals surface area contributed by atoms with E-state index in [2.05, 4.69) is 32.2 Å². The molecule has 314 valence electrons. The number of rotatable bonds is 17. The van der Waals surface area contributed by atoms with Crippen molar-refractivity contribution in [2.24, 2.45) is 29.1 Å². The van der Waals surface area contributed by atoms with Crippen LogP contribution in [0.3, 0.4) is 0 Å². The zero-order valence-corrected chi connectivity index (χ0v) is 33.4. The summed E-state index contributed by atoms with van der Waals surface area (Å²) in [5.74, 6) is -4.58. The smallest absolute Gasteiger partial charge is 0.310 e. The minimum Gasteiger partial charge on any atom is -0.481 e. The molecule has 2 N–H and O–H groups in total. The molecule has 5 aliphatic rings. The lowest BCUT2D eigenvalue weighted by molar-refractivity contribution is -0.338. The van der Waals surface area contributed by atoms with Crippen LogP contribution in [0.4, 0.5) is 0 Å². The van der Waals surface area contributed by atoms with E-state index in [1.54, 1.807) is 0 Å². The number of hydrogen-bond donors (Lipinski definition) is 2. The second-order valence-corrected chi connectivity index (χ2v) is 17.5. The quantitative estimate of drug-likeness (QED) is 0.0686. The molecule has 6 atom stereocenters. The Morgan fingerprint density at radius 3 is 1.70 bits per heavy atom. The van der Waals surface area contributed by atoms with E-state index < -0.39 is 35.7 Å². The van der Waals surface area contributed by atoms with E-state index in [9.17, 15) is 24.6 Å². The Balaban J connectivity index is 0.929. The normalized spacial score (nSPS) is 32.8. The zero-order valence-electron chi connectivity index (χ0n) is 33.4. The average molecular weight is 789 g/mol. The fraction of sp³-hybridized carbons (Fsp3) is 0.837. The standard InChI is InChI=1S/C43H64O13/c1-4-49-36-19-21-38(41(46)47)39(25-36)42(48)55-33-14-10-31(11-15-33)52-27-43(2,3)28-53-32-12-16-34(17-13-32)56-54-26-29-24-35(18-20-37(29)40(44)45)51-23-22-50-30-8-6-5-7-9-30/h1,29-39H,5-21,24-28H2,2-3H3,(H,44,45)(H,46,47). The van der Waals surface area contributed by atoms with Crippen LogP contribution >= 0.6 is 0 Å². The van der Waals surface area contributed by atoms with Gasteiger partial charge in [0, 0.05) is 11.3 Å². The number of ether oxygens (including phenoxy) is 6. The van der Waals surface area contributed by atoms with Crippen molar-refractivity contribution in [2.45, 2.75) is 179 Å². The van der Waals surface area contributed by atoms with Gasteiger partial charge in [0.2, 0.25) is 0 Å². The minimum absolute atomic E-state index is 0.0590. The molecule has 0 radical (unpaired) electrons. The number of carbonyl (C=O) groups excluding carboxylic acids is 1.